The Bertz CT molecular complexity index is 119. The van der Waals surface area contributed by atoms with Gasteiger partial charge in [0.15, 0.2) is 0 Å². The van der Waals surface area contributed by atoms with Crippen molar-refractivity contribution < 1.29 is 4.90 Å². The fourth-order valence-corrected chi connectivity index (χ4v) is 2.52. The topological polar surface area (TPSA) is 4.44 Å². The van der Waals surface area contributed by atoms with Crippen LogP contribution in [0, 0.1) is 11.8 Å². The van der Waals surface area contributed by atoms with Crippen LogP contribution in [0.25, 0.3) is 0 Å². The lowest BCUT2D eigenvalue weighted by Crippen LogP contribution is -3.13. The van der Waals surface area contributed by atoms with Crippen molar-refractivity contribution in [3.8, 4) is 0 Å². The molecule has 0 saturated carbocycles. The molecule has 0 aromatic heterocycles. The van der Waals surface area contributed by atoms with E-state index in [0.29, 0.717) is 0 Å². The summed E-state index contributed by atoms with van der Waals surface area (Å²) in [7, 11) is 0. The molecule has 0 aliphatic carbocycles. The zero-order valence-electron chi connectivity index (χ0n) is 9.06. The van der Waals surface area contributed by atoms with Crippen molar-refractivity contribution in [1.29, 1.82) is 0 Å². The van der Waals surface area contributed by atoms with Crippen molar-refractivity contribution in [3.63, 3.8) is 0 Å². The lowest BCUT2D eigenvalue weighted by Gasteiger charge is -2.17. The number of nitrogens with one attached hydrogen (secondary N) is 1. The Morgan fingerprint density at radius 2 is 1.50 bits per heavy atom. The molecule has 1 N–H and O–H groups in total. The minimum absolute atomic E-state index is 0.829. The van der Waals surface area contributed by atoms with Gasteiger partial charge in [-0.3, -0.25) is 0 Å². The van der Waals surface area contributed by atoms with E-state index >= 15 is 0 Å². The van der Waals surface area contributed by atoms with Crippen molar-refractivity contribution >= 4 is 0 Å². The summed E-state index contributed by atoms with van der Waals surface area (Å²) < 4.78 is 0. The zero-order valence-corrected chi connectivity index (χ0v) is 9.06. The average molecular weight is 170 g/mol. The highest BCUT2D eigenvalue weighted by molar-refractivity contribution is 4.71. The van der Waals surface area contributed by atoms with E-state index in [1.54, 1.807) is 0 Å². The van der Waals surface area contributed by atoms with Gasteiger partial charge in [-0.1, -0.05) is 13.8 Å². The third-order valence-corrected chi connectivity index (χ3v) is 3.58. The molecule has 0 radical (unpaired) electrons. The van der Waals surface area contributed by atoms with E-state index in [9.17, 15) is 0 Å². The van der Waals surface area contributed by atoms with Crippen LogP contribution < -0.4 is 4.90 Å². The average Bonchev–Trinajstić information content (AvgIpc) is 2.46. The van der Waals surface area contributed by atoms with Crippen molar-refractivity contribution in [1.82, 2.24) is 0 Å². The number of hydrogen-bond acceptors (Lipinski definition) is 0. The fourth-order valence-electron chi connectivity index (χ4n) is 2.52. The van der Waals surface area contributed by atoms with Crippen molar-refractivity contribution in [2.75, 3.05) is 13.1 Å². The molecule has 72 valence electrons. The van der Waals surface area contributed by atoms with Crippen LogP contribution >= 0.6 is 0 Å². The summed E-state index contributed by atoms with van der Waals surface area (Å²) in [6.45, 7) is 12.2. The molecule has 2 atom stereocenters. The van der Waals surface area contributed by atoms with Gasteiger partial charge in [-0.2, -0.15) is 0 Å². The van der Waals surface area contributed by atoms with Gasteiger partial charge in [-0.15, -0.1) is 0 Å². The van der Waals surface area contributed by atoms with E-state index in [1.807, 2.05) is 4.90 Å². The Balaban J connectivity index is 2.47. The largest absolute Gasteiger partial charge is 0.332 e. The quantitative estimate of drug-likeness (QED) is 0.652. The van der Waals surface area contributed by atoms with Crippen molar-refractivity contribution in [2.24, 2.45) is 11.8 Å². The Labute approximate surface area is 77.1 Å². The molecule has 0 aromatic carbocycles. The summed E-state index contributed by atoms with van der Waals surface area (Å²) in [5.74, 6) is 2.01. The molecule has 1 fully saturated rings. The maximum atomic E-state index is 2.35. The molecule has 2 unspecified atom stereocenters. The Morgan fingerprint density at radius 3 is 1.75 bits per heavy atom. The van der Waals surface area contributed by atoms with Crippen LogP contribution in [0.3, 0.4) is 0 Å². The van der Waals surface area contributed by atoms with Crippen LogP contribution in [0.1, 0.15) is 40.5 Å². The summed E-state index contributed by atoms with van der Waals surface area (Å²) in [5.41, 5.74) is 0. The third-order valence-electron chi connectivity index (χ3n) is 3.58. The first kappa shape index (κ1) is 10.0. The van der Waals surface area contributed by atoms with Crippen LogP contribution in [0.5, 0.6) is 0 Å². The molecule has 0 amide bonds. The Kier molecular flexibility index (Phi) is 3.57. The molecule has 0 bridgehead atoms. The zero-order chi connectivity index (χ0) is 9.14. The van der Waals surface area contributed by atoms with E-state index in [2.05, 4.69) is 27.7 Å². The molecule has 0 aromatic rings. The van der Waals surface area contributed by atoms with Gasteiger partial charge in [0.1, 0.15) is 0 Å². The van der Waals surface area contributed by atoms with E-state index in [1.165, 1.54) is 25.9 Å². The molecule has 1 aliphatic heterocycles. The van der Waals surface area contributed by atoms with E-state index in [-0.39, 0.29) is 0 Å². The van der Waals surface area contributed by atoms with E-state index in [0.717, 1.165) is 17.9 Å². The van der Waals surface area contributed by atoms with Crippen LogP contribution in [-0.4, -0.2) is 19.1 Å². The smallest absolute Gasteiger partial charge is 0.0817 e. The number of quaternary nitrogens is 1. The van der Waals surface area contributed by atoms with Crippen LogP contribution in [0.4, 0.5) is 0 Å². The van der Waals surface area contributed by atoms with E-state index in [4.69, 9.17) is 0 Å². The first-order valence-electron chi connectivity index (χ1n) is 5.53. The summed E-state index contributed by atoms with van der Waals surface area (Å²) in [6.07, 6.45) is 2.77. The predicted octanol–water partition coefficient (Wildman–Crippen LogP) is 1.35. The molecule has 0 spiro atoms. The SMILES string of the molecule is CCC1C[NH+](C(C)C)CC1CC. The summed E-state index contributed by atoms with van der Waals surface area (Å²) >= 11 is 0. The first-order valence-corrected chi connectivity index (χ1v) is 5.53. The van der Waals surface area contributed by atoms with Gasteiger partial charge in [-0.05, 0) is 26.7 Å². The predicted molar refractivity (Wildman–Crippen MR) is 53.4 cm³/mol. The van der Waals surface area contributed by atoms with Gasteiger partial charge in [0.05, 0.1) is 19.1 Å². The lowest BCUT2D eigenvalue weighted by atomic mass is 9.92. The summed E-state index contributed by atoms with van der Waals surface area (Å²) in [4.78, 5) is 1.83. The van der Waals surface area contributed by atoms with Gasteiger partial charge < -0.3 is 4.90 Å². The molecule has 1 rings (SSSR count). The van der Waals surface area contributed by atoms with Crippen molar-refractivity contribution in [2.45, 2.75) is 46.6 Å². The number of hydrogen-bond donors (Lipinski definition) is 1. The van der Waals surface area contributed by atoms with Gasteiger partial charge in [0.2, 0.25) is 0 Å². The molecule has 1 saturated heterocycles. The maximum Gasteiger partial charge on any atom is 0.0817 e. The summed E-state index contributed by atoms with van der Waals surface area (Å²) in [6, 6.07) is 0.829. The standard InChI is InChI=1S/C11H23N/c1-5-10-7-12(9(3)4)8-11(10)6-2/h9-11H,5-8H2,1-4H3/p+1. The normalized spacial score (nSPS) is 36.2. The van der Waals surface area contributed by atoms with Gasteiger partial charge in [0, 0.05) is 11.8 Å². The van der Waals surface area contributed by atoms with Crippen LogP contribution in [0.15, 0.2) is 0 Å². The minimum Gasteiger partial charge on any atom is -0.332 e. The minimum atomic E-state index is 0.829. The molecule has 1 heterocycles. The molecule has 12 heavy (non-hydrogen) atoms. The monoisotopic (exact) mass is 170 g/mol. The number of rotatable bonds is 3. The molecular weight excluding hydrogens is 146 g/mol. The fraction of sp³-hybridized carbons (Fsp3) is 1.00. The third kappa shape index (κ3) is 2.01. The molecule has 1 aliphatic rings. The number of likely N-dealkylation sites (tertiary alicyclic amines) is 1. The highest BCUT2D eigenvalue weighted by atomic mass is 15.2. The Morgan fingerprint density at radius 1 is 1.08 bits per heavy atom. The molecule has 1 nitrogen and oxygen atoms in total. The summed E-state index contributed by atoms with van der Waals surface area (Å²) in [5, 5.41) is 0. The van der Waals surface area contributed by atoms with Gasteiger partial charge in [-0.25, -0.2) is 0 Å². The molecule has 1 heteroatoms. The van der Waals surface area contributed by atoms with Gasteiger partial charge >= 0.3 is 0 Å². The maximum absolute atomic E-state index is 2.35. The lowest BCUT2D eigenvalue weighted by molar-refractivity contribution is -0.912. The Hall–Kier alpha value is -0.0400. The highest BCUT2D eigenvalue weighted by Gasteiger charge is 2.34. The second-order valence-corrected chi connectivity index (χ2v) is 4.56. The highest BCUT2D eigenvalue weighted by Crippen LogP contribution is 2.20. The molecular formula is C11H24N+. The van der Waals surface area contributed by atoms with Crippen LogP contribution in [-0.2, 0) is 0 Å². The van der Waals surface area contributed by atoms with Crippen molar-refractivity contribution in [3.05, 3.63) is 0 Å². The second-order valence-electron chi connectivity index (χ2n) is 4.56. The first-order chi connectivity index (χ1) is 5.69. The second kappa shape index (κ2) is 4.27. The van der Waals surface area contributed by atoms with Gasteiger partial charge in [0.25, 0.3) is 0 Å². The van der Waals surface area contributed by atoms with E-state index < -0.39 is 0 Å². The van der Waals surface area contributed by atoms with Crippen LogP contribution in [0.2, 0.25) is 0 Å².